The average Bonchev–Trinajstić information content (AvgIpc) is 2.87. The number of aromatic amines is 1. The summed E-state index contributed by atoms with van der Waals surface area (Å²) in [6.45, 7) is 7.57. The van der Waals surface area contributed by atoms with Crippen molar-refractivity contribution in [3.63, 3.8) is 0 Å². The zero-order valence-electron chi connectivity index (χ0n) is 13.1. The summed E-state index contributed by atoms with van der Waals surface area (Å²) in [6, 6.07) is 7.30. The Labute approximate surface area is 142 Å². The zero-order valence-corrected chi connectivity index (χ0v) is 14.6. The normalized spacial score (nSPS) is 12.8. The number of aliphatic hydroxyl groups is 1. The molecule has 0 radical (unpaired) electrons. The van der Waals surface area contributed by atoms with Crippen LogP contribution in [0.3, 0.4) is 0 Å². The molecule has 0 spiro atoms. The van der Waals surface area contributed by atoms with E-state index in [-0.39, 0.29) is 17.8 Å². The first-order valence-corrected chi connectivity index (χ1v) is 7.42. The van der Waals surface area contributed by atoms with E-state index in [1.807, 2.05) is 18.3 Å². The number of nitrogens with one attached hydrogen (secondary N) is 2. The van der Waals surface area contributed by atoms with Crippen LogP contribution in [0.25, 0.3) is 0 Å². The van der Waals surface area contributed by atoms with Gasteiger partial charge in [-0.1, -0.05) is 44.5 Å². The first kappa shape index (κ1) is 19.0. The summed E-state index contributed by atoms with van der Waals surface area (Å²) in [5, 5.41) is 21.2. The fourth-order valence-corrected chi connectivity index (χ4v) is 2.47. The highest BCUT2D eigenvalue weighted by Gasteiger charge is 2.19. The molecule has 6 heteroatoms. The van der Waals surface area contributed by atoms with E-state index in [1.165, 1.54) is 0 Å². The fourth-order valence-electron chi connectivity index (χ4n) is 2.27. The van der Waals surface area contributed by atoms with Gasteiger partial charge in [0.05, 0.1) is 12.3 Å². The van der Waals surface area contributed by atoms with Crippen molar-refractivity contribution in [2.45, 2.75) is 38.8 Å². The Bertz CT molecular complexity index is 593. The van der Waals surface area contributed by atoms with Crippen LogP contribution in [0, 0.1) is 0 Å². The van der Waals surface area contributed by atoms with E-state index in [4.69, 9.17) is 11.6 Å². The van der Waals surface area contributed by atoms with Gasteiger partial charge in [-0.15, -0.1) is 12.4 Å². The Morgan fingerprint density at radius 1 is 1.36 bits per heavy atom. The van der Waals surface area contributed by atoms with Crippen LogP contribution in [0.1, 0.15) is 43.7 Å². The Morgan fingerprint density at radius 3 is 2.73 bits per heavy atom. The summed E-state index contributed by atoms with van der Waals surface area (Å²) >= 11 is 5.93. The van der Waals surface area contributed by atoms with Crippen LogP contribution in [-0.2, 0) is 12.0 Å². The predicted molar refractivity (Wildman–Crippen MR) is 92.7 cm³/mol. The number of hydrogen-bond donors (Lipinski definition) is 3. The summed E-state index contributed by atoms with van der Waals surface area (Å²) in [5.41, 5.74) is 3.09. The van der Waals surface area contributed by atoms with E-state index in [2.05, 4.69) is 36.3 Å². The van der Waals surface area contributed by atoms with E-state index >= 15 is 0 Å². The van der Waals surface area contributed by atoms with Crippen LogP contribution in [0.2, 0.25) is 5.02 Å². The molecule has 0 saturated carbocycles. The molecule has 4 nitrogen and oxygen atoms in total. The molecule has 122 valence electrons. The van der Waals surface area contributed by atoms with E-state index in [0.29, 0.717) is 18.1 Å². The molecular weight excluding hydrogens is 321 g/mol. The number of benzene rings is 1. The number of halogens is 2. The van der Waals surface area contributed by atoms with E-state index in [9.17, 15) is 5.11 Å². The molecule has 0 amide bonds. The maximum absolute atomic E-state index is 10.2. The number of nitrogens with zero attached hydrogens (tertiary/aromatic N) is 1. The molecule has 0 aliphatic carbocycles. The maximum atomic E-state index is 10.2. The van der Waals surface area contributed by atoms with E-state index in [1.54, 1.807) is 12.1 Å². The highest BCUT2D eigenvalue weighted by Crippen LogP contribution is 2.23. The van der Waals surface area contributed by atoms with Gasteiger partial charge in [0.2, 0.25) is 0 Å². The third kappa shape index (κ3) is 4.99. The Balaban J connectivity index is 0.00000242. The minimum absolute atomic E-state index is 0. The third-order valence-corrected chi connectivity index (χ3v) is 3.59. The summed E-state index contributed by atoms with van der Waals surface area (Å²) < 4.78 is 0. The van der Waals surface area contributed by atoms with Crippen LogP contribution in [0.15, 0.2) is 30.5 Å². The average molecular weight is 344 g/mol. The van der Waals surface area contributed by atoms with Crippen molar-refractivity contribution in [2.24, 2.45) is 0 Å². The van der Waals surface area contributed by atoms with Crippen LogP contribution in [0.5, 0.6) is 0 Å². The standard InChI is InChI=1S/C16H22ClN3O.ClH/c1-16(2,3)15-12(9-19-20-15)8-18-10-14(21)11-5-4-6-13(17)7-11;/h4-7,9,14,18,21H,8,10H2,1-3H3,(H,19,20);1H. The predicted octanol–water partition coefficient (Wildman–Crippen LogP) is 3.61. The zero-order chi connectivity index (χ0) is 15.5. The molecule has 1 heterocycles. The third-order valence-electron chi connectivity index (χ3n) is 3.35. The number of aliphatic hydroxyl groups excluding tert-OH is 1. The molecule has 2 rings (SSSR count). The molecule has 1 aromatic carbocycles. The van der Waals surface area contributed by atoms with Crippen LogP contribution >= 0.6 is 24.0 Å². The van der Waals surface area contributed by atoms with Gasteiger partial charge in [-0.25, -0.2) is 0 Å². The molecule has 1 aromatic heterocycles. The van der Waals surface area contributed by atoms with Gasteiger partial charge in [-0.3, -0.25) is 5.10 Å². The number of aromatic nitrogens is 2. The van der Waals surface area contributed by atoms with E-state index in [0.717, 1.165) is 16.8 Å². The lowest BCUT2D eigenvalue weighted by Crippen LogP contribution is -2.23. The lowest BCUT2D eigenvalue weighted by molar-refractivity contribution is 0.174. The molecule has 0 saturated heterocycles. The van der Waals surface area contributed by atoms with Crippen LogP contribution in [0.4, 0.5) is 0 Å². The van der Waals surface area contributed by atoms with Gasteiger partial charge in [0.15, 0.2) is 0 Å². The van der Waals surface area contributed by atoms with Crippen molar-refractivity contribution in [3.05, 3.63) is 52.3 Å². The molecule has 0 aliphatic heterocycles. The lowest BCUT2D eigenvalue weighted by atomic mass is 9.89. The van der Waals surface area contributed by atoms with Crippen molar-refractivity contribution in [1.29, 1.82) is 0 Å². The van der Waals surface area contributed by atoms with Gasteiger partial charge in [0, 0.05) is 34.8 Å². The molecule has 1 atom stereocenters. The van der Waals surface area contributed by atoms with Gasteiger partial charge in [0.1, 0.15) is 0 Å². The summed E-state index contributed by atoms with van der Waals surface area (Å²) in [6.07, 6.45) is 1.26. The summed E-state index contributed by atoms with van der Waals surface area (Å²) in [5.74, 6) is 0. The first-order chi connectivity index (χ1) is 9.88. The van der Waals surface area contributed by atoms with Crippen molar-refractivity contribution >= 4 is 24.0 Å². The van der Waals surface area contributed by atoms with Crippen molar-refractivity contribution in [1.82, 2.24) is 15.5 Å². The second-order valence-electron chi connectivity index (χ2n) is 6.22. The number of H-pyrrole nitrogens is 1. The lowest BCUT2D eigenvalue weighted by Gasteiger charge is -2.19. The van der Waals surface area contributed by atoms with Crippen molar-refractivity contribution < 1.29 is 5.11 Å². The van der Waals surface area contributed by atoms with Crippen molar-refractivity contribution in [3.8, 4) is 0 Å². The van der Waals surface area contributed by atoms with Crippen LogP contribution in [-0.4, -0.2) is 21.8 Å². The SMILES string of the molecule is CC(C)(C)c1[nH]ncc1CNCC(O)c1cccc(Cl)c1.Cl. The highest BCUT2D eigenvalue weighted by atomic mass is 35.5. The van der Waals surface area contributed by atoms with Gasteiger partial charge in [-0.05, 0) is 17.7 Å². The molecule has 22 heavy (non-hydrogen) atoms. The molecule has 2 aromatic rings. The van der Waals surface area contributed by atoms with E-state index < -0.39 is 6.10 Å². The minimum atomic E-state index is -0.575. The molecule has 0 aliphatic rings. The van der Waals surface area contributed by atoms with Gasteiger partial charge in [-0.2, -0.15) is 5.10 Å². The largest absolute Gasteiger partial charge is 0.387 e. The quantitative estimate of drug-likeness (QED) is 0.777. The minimum Gasteiger partial charge on any atom is -0.387 e. The summed E-state index contributed by atoms with van der Waals surface area (Å²) in [7, 11) is 0. The van der Waals surface area contributed by atoms with Gasteiger partial charge in [0.25, 0.3) is 0 Å². The smallest absolute Gasteiger partial charge is 0.0915 e. The second-order valence-corrected chi connectivity index (χ2v) is 6.66. The monoisotopic (exact) mass is 343 g/mol. The molecule has 0 bridgehead atoms. The number of rotatable bonds is 5. The summed E-state index contributed by atoms with van der Waals surface area (Å²) in [4.78, 5) is 0. The molecular formula is C16H23Cl2N3O. The van der Waals surface area contributed by atoms with Gasteiger partial charge >= 0.3 is 0 Å². The molecule has 1 unspecified atom stereocenters. The van der Waals surface area contributed by atoms with Crippen LogP contribution < -0.4 is 5.32 Å². The highest BCUT2D eigenvalue weighted by molar-refractivity contribution is 6.30. The number of hydrogen-bond acceptors (Lipinski definition) is 3. The molecule has 0 fully saturated rings. The first-order valence-electron chi connectivity index (χ1n) is 7.05. The Hall–Kier alpha value is -1.07. The topological polar surface area (TPSA) is 60.9 Å². The van der Waals surface area contributed by atoms with Gasteiger partial charge < -0.3 is 10.4 Å². The maximum Gasteiger partial charge on any atom is 0.0915 e. The Kier molecular flexibility index (Phi) is 6.88. The van der Waals surface area contributed by atoms with Crippen molar-refractivity contribution in [2.75, 3.05) is 6.54 Å². The second kappa shape index (κ2) is 7.97. The molecule has 3 N–H and O–H groups in total. The fraction of sp³-hybridized carbons (Fsp3) is 0.438. The Morgan fingerprint density at radius 2 is 2.09 bits per heavy atom.